The molecule has 5 aliphatic rings. The summed E-state index contributed by atoms with van der Waals surface area (Å²) >= 11 is 13.5. The molecular formula is C39H67Cl2N3O4S. The first-order valence-corrected chi connectivity index (χ1v) is 22.6. The second-order valence-electron chi connectivity index (χ2n) is 17.9. The molecule has 2 heterocycles. The number of aliphatic imine (C=N–C) groups is 1. The Kier molecular flexibility index (Phi) is 12.9. The van der Waals surface area contributed by atoms with E-state index >= 15 is 4.79 Å². The standard InChI is InChI=1S/C39H67Cl2N3O4S/c1-8-48-33-26-29(37(2,3)4)14-19-32(33)35-34(36(45)44-23-21-43(22-24-44)20-9-25-49(7,46)47)38(5,27-10-15-30(40)16-11-27)39(6,42-35)28-12-17-31(41)18-13-28/h27-34H,8-26H2,1-7H3/t27?,28?,29?,30?,31?,32?,33?,34?,38-,39?/m1/s1. The van der Waals surface area contributed by atoms with Gasteiger partial charge in [-0.1, -0.05) is 27.7 Å². The van der Waals surface area contributed by atoms with E-state index in [1.807, 2.05) is 0 Å². The predicted octanol–water partition coefficient (Wildman–Crippen LogP) is 7.86. The Labute approximate surface area is 308 Å². The van der Waals surface area contributed by atoms with Crippen LogP contribution < -0.4 is 0 Å². The molecule has 0 bridgehead atoms. The lowest BCUT2D eigenvalue weighted by Gasteiger charge is -2.54. The van der Waals surface area contributed by atoms with Crippen LogP contribution in [0, 0.1) is 40.4 Å². The van der Waals surface area contributed by atoms with E-state index in [1.165, 1.54) is 6.26 Å². The SMILES string of the molecule is CCOC1CC(C(C)(C)C)CCC1C1=NC(C)(C2CCC(Cl)CC2)[C@](C)(C2CCC(Cl)CC2)C1C(=O)N1CCN(CCCS(C)(=O)=O)CC1. The molecule has 5 unspecified atom stereocenters. The molecule has 6 atom stereocenters. The molecule has 3 saturated carbocycles. The normalized spacial score (nSPS) is 39.9. The minimum Gasteiger partial charge on any atom is -0.378 e. The fourth-order valence-corrected chi connectivity index (χ4v) is 11.9. The number of alkyl halides is 2. The number of hydrogen-bond donors (Lipinski definition) is 0. The van der Waals surface area contributed by atoms with Gasteiger partial charge in [-0.2, -0.15) is 0 Å². The zero-order chi connectivity index (χ0) is 35.8. The van der Waals surface area contributed by atoms with Gasteiger partial charge in [-0.25, -0.2) is 8.42 Å². The number of ether oxygens (including phenoxy) is 1. The number of halogens is 2. The van der Waals surface area contributed by atoms with Crippen molar-refractivity contribution in [2.24, 2.45) is 45.4 Å². The third kappa shape index (κ3) is 8.71. The quantitative estimate of drug-likeness (QED) is 0.213. The van der Waals surface area contributed by atoms with Crippen molar-refractivity contribution < 1.29 is 17.9 Å². The average Bonchev–Trinajstić information content (AvgIpc) is 3.28. The highest BCUT2D eigenvalue weighted by Crippen LogP contribution is 2.63. The molecule has 49 heavy (non-hydrogen) atoms. The van der Waals surface area contributed by atoms with Gasteiger partial charge in [0.15, 0.2) is 0 Å². The summed E-state index contributed by atoms with van der Waals surface area (Å²) in [7, 11) is -2.98. The lowest BCUT2D eigenvalue weighted by atomic mass is 9.50. The smallest absolute Gasteiger partial charge is 0.232 e. The van der Waals surface area contributed by atoms with E-state index in [0.29, 0.717) is 43.9 Å². The van der Waals surface area contributed by atoms with Crippen LogP contribution in [0.4, 0.5) is 0 Å². The van der Waals surface area contributed by atoms with Crippen molar-refractivity contribution >= 4 is 44.7 Å². The summed E-state index contributed by atoms with van der Waals surface area (Å²) in [6.45, 7) is 18.4. The largest absolute Gasteiger partial charge is 0.378 e. The maximum absolute atomic E-state index is 15.4. The summed E-state index contributed by atoms with van der Waals surface area (Å²) in [5.41, 5.74) is 0.647. The first-order chi connectivity index (χ1) is 23.0. The molecule has 2 aliphatic heterocycles. The maximum atomic E-state index is 15.4. The second-order valence-corrected chi connectivity index (χ2v) is 21.4. The zero-order valence-corrected chi connectivity index (χ0v) is 34.0. The zero-order valence-electron chi connectivity index (χ0n) is 31.7. The lowest BCUT2D eigenvalue weighted by molar-refractivity contribution is -0.143. The van der Waals surface area contributed by atoms with E-state index in [0.717, 1.165) is 96.0 Å². The van der Waals surface area contributed by atoms with Gasteiger partial charge in [0.05, 0.1) is 23.3 Å². The highest BCUT2D eigenvalue weighted by Gasteiger charge is 2.66. The van der Waals surface area contributed by atoms with Crippen LogP contribution in [-0.2, 0) is 19.4 Å². The molecule has 0 aromatic carbocycles. The molecule has 0 radical (unpaired) electrons. The predicted molar refractivity (Wildman–Crippen MR) is 204 cm³/mol. The molecule has 10 heteroatoms. The molecule has 0 aromatic rings. The summed E-state index contributed by atoms with van der Waals surface area (Å²) in [4.78, 5) is 25.8. The van der Waals surface area contributed by atoms with Crippen molar-refractivity contribution in [3.8, 4) is 0 Å². The van der Waals surface area contributed by atoms with Crippen LogP contribution in [0.1, 0.15) is 119 Å². The van der Waals surface area contributed by atoms with Crippen molar-refractivity contribution in [1.82, 2.24) is 9.80 Å². The van der Waals surface area contributed by atoms with Gasteiger partial charge >= 0.3 is 0 Å². The van der Waals surface area contributed by atoms with Crippen molar-refractivity contribution in [1.29, 1.82) is 0 Å². The van der Waals surface area contributed by atoms with Gasteiger partial charge in [0.1, 0.15) is 9.84 Å². The summed E-state index contributed by atoms with van der Waals surface area (Å²) < 4.78 is 30.1. The number of hydrogen-bond acceptors (Lipinski definition) is 6. The van der Waals surface area contributed by atoms with Gasteiger partial charge in [-0.15, -0.1) is 23.2 Å². The Hall–Kier alpha value is -0.410. The average molecular weight is 745 g/mol. The van der Waals surface area contributed by atoms with Crippen LogP contribution >= 0.6 is 23.2 Å². The third-order valence-electron chi connectivity index (χ3n) is 14.0. The van der Waals surface area contributed by atoms with E-state index < -0.39 is 9.84 Å². The van der Waals surface area contributed by atoms with Crippen LogP contribution in [0.5, 0.6) is 0 Å². The van der Waals surface area contributed by atoms with E-state index in [-0.39, 0.29) is 56.7 Å². The van der Waals surface area contributed by atoms with Gasteiger partial charge in [-0.3, -0.25) is 14.7 Å². The highest BCUT2D eigenvalue weighted by molar-refractivity contribution is 7.90. The summed E-state index contributed by atoms with van der Waals surface area (Å²) in [6, 6.07) is 0. The fraction of sp³-hybridized carbons (Fsp3) is 0.949. The van der Waals surface area contributed by atoms with Gasteiger partial charge in [-0.05, 0) is 121 Å². The van der Waals surface area contributed by atoms with Crippen LogP contribution in [0.2, 0.25) is 0 Å². The topological polar surface area (TPSA) is 79.3 Å². The molecule has 5 rings (SSSR count). The van der Waals surface area contributed by atoms with Gasteiger partial charge < -0.3 is 9.64 Å². The minimum atomic E-state index is -2.98. The number of piperazine rings is 1. The molecule has 1 saturated heterocycles. The van der Waals surface area contributed by atoms with E-state index in [9.17, 15) is 8.42 Å². The monoisotopic (exact) mass is 743 g/mol. The molecular weight excluding hydrogens is 677 g/mol. The van der Waals surface area contributed by atoms with E-state index in [4.69, 9.17) is 32.9 Å². The Morgan fingerprint density at radius 2 is 1.47 bits per heavy atom. The number of amides is 1. The van der Waals surface area contributed by atoms with Crippen LogP contribution in [0.25, 0.3) is 0 Å². The summed E-state index contributed by atoms with van der Waals surface area (Å²) in [5.74, 6) is 1.65. The minimum absolute atomic E-state index is 0.0625. The molecule has 3 aliphatic carbocycles. The Balaban J connectivity index is 1.51. The van der Waals surface area contributed by atoms with Crippen molar-refractivity contribution in [2.45, 2.75) is 141 Å². The van der Waals surface area contributed by atoms with Crippen LogP contribution in [0.15, 0.2) is 4.99 Å². The number of carbonyl (C=O) groups excluding carboxylic acids is 1. The molecule has 0 spiro atoms. The summed E-state index contributed by atoms with van der Waals surface area (Å²) in [6.07, 6.45) is 13.3. The van der Waals surface area contributed by atoms with Crippen molar-refractivity contribution in [2.75, 3.05) is 51.3 Å². The number of carbonyl (C=O) groups is 1. The van der Waals surface area contributed by atoms with Gasteiger partial charge in [0.2, 0.25) is 5.91 Å². The number of sulfone groups is 1. The maximum Gasteiger partial charge on any atom is 0.232 e. The molecule has 282 valence electrons. The number of nitrogens with zero attached hydrogens (tertiary/aromatic N) is 3. The molecule has 1 amide bonds. The Morgan fingerprint density at radius 1 is 0.898 bits per heavy atom. The van der Waals surface area contributed by atoms with Crippen molar-refractivity contribution in [3.05, 3.63) is 0 Å². The third-order valence-corrected chi connectivity index (χ3v) is 15.9. The first-order valence-electron chi connectivity index (χ1n) is 19.7. The molecule has 4 fully saturated rings. The fourth-order valence-electron chi connectivity index (χ4n) is 10.8. The Bertz CT molecular complexity index is 1270. The van der Waals surface area contributed by atoms with Gasteiger partial charge in [0, 0.05) is 66.8 Å². The molecule has 0 N–H and O–H groups in total. The summed E-state index contributed by atoms with van der Waals surface area (Å²) in [5, 5.41) is 0.434. The second kappa shape index (κ2) is 15.9. The molecule has 7 nitrogen and oxygen atoms in total. The molecule has 0 aromatic heterocycles. The first kappa shape index (κ1) is 39.8. The Morgan fingerprint density at radius 3 is 2.00 bits per heavy atom. The lowest BCUT2D eigenvalue weighted by Crippen LogP contribution is -2.60. The van der Waals surface area contributed by atoms with Crippen molar-refractivity contribution in [3.63, 3.8) is 0 Å². The van der Waals surface area contributed by atoms with E-state index in [2.05, 4.69) is 51.3 Å². The number of rotatable bonds is 10. The highest BCUT2D eigenvalue weighted by atomic mass is 35.5. The van der Waals surface area contributed by atoms with E-state index in [1.54, 1.807) is 0 Å². The van der Waals surface area contributed by atoms with Crippen LogP contribution in [0.3, 0.4) is 0 Å². The van der Waals surface area contributed by atoms with Gasteiger partial charge in [0.25, 0.3) is 0 Å². The van der Waals surface area contributed by atoms with Crippen LogP contribution in [-0.4, -0.2) is 104 Å².